The van der Waals surface area contributed by atoms with Crippen LogP contribution < -0.4 is 0 Å². The van der Waals surface area contributed by atoms with Gasteiger partial charge in [0.1, 0.15) is 24.4 Å². The summed E-state index contributed by atoms with van der Waals surface area (Å²) in [4.78, 5) is 0. The predicted octanol–water partition coefficient (Wildman–Crippen LogP) is 1.29. The van der Waals surface area contributed by atoms with Crippen molar-refractivity contribution in [2.45, 2.75) is 64.3 Å². The average Bonchev–Trinajstić information content (AvgIpc) is 2.88. The van der Waals surface area contributed by atoms with E-state index in [1.54, 1.807) is 0 Å². The normalized spacial score (nSPS) is 14.2. The average molecular weight is 483 g/mol. The number of aliphatic hydroxyl groups excluding tert-OH is 6. The Labute approximate surface area is 203 Å². The second-order valence-electron chi connectivity index (χ2n) is 7.43. The van der Waals surface area contributed by atoms with E-state index in [2.05, 4.69) is 60.7 Å². The molecule has 8 heteroatoms. The van der Waals surface area contributed by atoms with Gasteiger partial charge in [-0.1, -0.05) is 60.7 Å². The molecule has 0 amide bonds. The molecule has 0 aliphatic heterocycles. The van der Waals surface area contributed by atoms with Gasteiger partial charge in [0.25, 0.3) is 0 Å². The first-order valence-electron chi connectivity index (χ1n) is 11.6. The number of benzene rings is 2. The third kappa shape index (κ3) is 15.1. The van der Waals surface area contributed by atoms with E-state index < -0.39 is 37.6 Å². The fourth-order valence-corrected chi connectivity index (χ4v) is 2.77. The number of hydrogen-bond donors (Lipinski definition) is 6. The molecule has 4 atom stereocenters. The van der Waals surface area contributed by atoms with Crippen LogP contribution in [0.1, 0.15) is 31.9 Å². The standard InChI is InChI=1S/C14H14.C6H14O6.C6H14O2/c1-3-7-13(8-4-1)11-12-14-9-5-2-6-10-14;7-1-3(9)5(11)6(12)4(10)2-8;1-4-7-6(3)8-5-2/h1-10H,11-12H2;3-12H,1-2H2;6H,4-5H2,1-3H3/t;3-,4+,5-,6-;/m.1./s1. The van der Waals surface area contributed by atoms with Crippen molar-refractivity contribution in [1.82, 2.24) is 0 Å². The Bertz CT molecular complexity index is 626. The molecule has 0 radical (unpaired) electrons. The van der Waals surface area contributed by atoms with Crippen LogP contribution in [0.2, 0.25) is 0 Å². The third-order valence-corrected chi connectivity index (χ3v) is 4.70. The van der Waals surface area contributed by atoms with Crippen LogP contribution in [-0.2, 0) is 22.3 Å². The Kier molecular flexibility index (Phi) is 19.4. The van der Waals surface area contributed by atoms with Gasteiger partial charge in [0, 0.05) is 13.2 Å². The molecule has 0 aliphatic carbocycles. The third-order valence-electron chi connectivity index (χ3n) is 4.70. The molecule has 0 saturated carbocycles. The quantitative estimate of drug-likeness (QED) is 0.249. The van der Waals surface area contributed by atoms with Gasteiger partial charge in [-0.25, -0.2) is 0 Å². The van der Waals surface area contributed by atoms with Crippen molar-refractivity contribution in [2.24, 2.45) is 0 Å². The van der Waals surface area contributed by atoms with E-state index in [0.29, 0.717) is 0 Å². The van der Waals surface area contributed by atoms with Gasteiger partial charge in [0.2, 0.25) is 0 Å². The lowest BCUT2D eigenvalue weighted by Gasteiger charge is -2.24. The minimum absolute atomic E-state index is 0.0370. The van der Waals surface area contributed by atoms with E-state index in [4.69, 9.17) is 40.1 Å². The van der Waals surface area contributed by atoms with Gasteiger partial charge < -0.3 is 40.1 Å². The van der Waals surface area contributed by atoms with Gasteiger partial charge in [-0.3, -0.25) is 0 Å². The van der Waals surface area contributed by atoms with Crippen LogP contribution in [0.25, 0.3) is 0 Å². The van der Waals surface area contributed by atoms with Gasteiger partial charge in [0.05, 0.1) is 13.2 Å². The van der Waals surface area contributed by atoms with E-state index in [0.717, 1.165) is 26.1 Å². The van der Waals surface area contributed by atoms with E-state index in [9.17, 15) is 0 Å². The van der Waals surface area contributed by atoms with Crippen molar-refractivity contribution < 1.29 is 40.1 Å². The van der Waals surface area contributed by atoms with Crippen molar-refractivity contribution >= 4 is 0 Å². The number of rotatable bonds is 12. The summed E-state index contributed by atoms with van der Waals surface area (Å²) >= 11 is 0. The summed E-state index contributed by atoms with van der Waals surface area (Å²) in [6, 6.07) is 21.2. The molecule has 0 aromatic heterocycles. The summed E-state index contributed by atoms with van der Waals surface area (Å²) in [6.45, 7) is 5.80. The molecular weight excluding hydrogens is 440 g/mol. The molecule has 34 heavy (non-hydrogen) atoms. The maximum atomic E-state index is 8.96. The maximum Gasteiger partial charge on any atom is 0.154 e. The van der Waals surface area contributed by atoms with Gasteiger partial charge in [-0.2, -0.15) is 0 Å². The fraction of sp³-hybridized carbons (Fsp3) is 0.538. The van der Waals surface area contributed by atoms with Crippen molar-refractivity contribution in [3.8, 4) is 0 Å². The number of aryl methyl sites for hydroxylation is 2. The monoisotopic (exact) mass is 482 g/mol. The molecule has 0 heterocycles. The zero-order valence-corrected chi connectivity index (χ0v) is 20.4. The molecule has 8 nitrogen and oxygen atoms in total. The first-order chi connectivity index (χ1) is 16.3. The second-order valence-corrected chi connectivity index (χ2v) is 7.43. The summed E-state index contributed by atoms with van der Waals surface area (Å²) in [5, 5.41) is 52.2. The fourth-order valence-electron chi connectivity index (χ4n) is 2.77. The summed E-state index contributed by atoms with van der Waals surface area (Å²) in [6.07, 6.45) is -4.17. The van der Waals surface area contributed by atoms with Gasteiger partial charge >= 0.3 is 0 Å². The highest BCUT2D eigenvalue weighted by molar-refractivity contribution is 5.19. The summed E-state index contributed by atoms with van der Waals surface area (Å²) in [5.41, 5.74) is 2.83. The van der Waals surface area contributed by atoms with Gasteiger partial charge in [0.15, 0.2) is 6.29 Å². The minimum Gasteiger partial charge on any atom is -0.394 e. The van der Waals surface area contributed by atoms with Crippen LogP contribution in [0.5, 0.6) is 0 Å². The number of hydrogen-bond acceptors (Lipinski definition) is 8. The second kappa shape index (κ2) is 20.5. The molecule has 0 saturated heterocycles. The van der Waals surface area contributed by atoms with Crippen molar-refractivity contribution in [3.05, 3.63) is 71.8 Å². The Morgan fingerprint density at radius 1 is 0.618 bits per heavy atom. The highest BCUT2D eigenvalue weighted by Gasteiger charge is 2.29. The molecule has 0 fully saturated rings. The van der Waals surface area contributed by atoms with E-state index in [1.807, 2.05) is 20.8 Å². The molecule has 2 aromatic carbocycles. The van der Waals surface area contributed by atoms with Crippen molar-refractivity contribution in [3.63, 3.8) is 0 Å². The summed E-state index contributed by atoms with van der Waals surface area (Å²) in [7, 11) is 0. The molecule has 0 unspecified atom stereocenters. The lowest BCUT2D eigenvalue weighted by molar-refractivity contribution is -0.123. The lowest BCUT2D eigenvalue weighted by Crippen LogP contribution is -2.46. The number of aliphatic hydroxyl groups is 6. The topological polar surface area (TPSA) is 140 Å². The largest absolute Gasteiger partial charge is 0.394 e. The van der Waals surface area contributed by atoms with E-state index >= 15 is 0 Å². The zero-order valence-electron chi connectivity index (χ0n) is 20.4. The Balaban J connectivity index is 0.000000501. The van der Waals surface area contributed by atoms with Gasteiger partial charge in [-0.15, -0.1) is 0 Å². The highest BCUT2D eigenvalue weighted by atomic mass is 16.7. The molecule has 2 rings (SSSR count). The SMILES string of the molecule is CCOC(C)OCC.OC[C@@H](O)[C@@H](O)[C@H](O)[C@@H](O)CO.c1ccc(CCc2ccccc2)cc1. The number of ether oxygens (including phenoxy) is 2. The van der Waals surface area contributed by atoms with Crippen molar-refractivity contribution in [2.75, 3.05) is 26.4 Å². The molecule has 6 N–H and O–H groups in total. The smallest absolute Gasteiger partial charge is 0.154 e. The molecule has 0 bridgehead atoms. The highest BCUT2D eigenvalue weighted by Crippen LogP contribution is 2.06. The molecular formula is C26H42O8. The Hall–Kier alpha value is -1.88. The van der Waals surface area contributed by atoms with Crippen LogP contribution in [-0.4, -0.2) is 87.8 Å². The minimum atomic E-state index is -1.67. The molecule has 0 spiro atoms. The summed E-state index contributed by atoms with van der Waals surface area (Å²) in [5.74, 6) is 0. The van der Waals surface area contributed by atoms with Crippen LogP contribution in [0.3, 0.4) is 0 Å². The molecule has 2 aromatic rings. The van der Waals surface area contributed by atoms with Crippen LogP contribution >= 0.6 is 0 Å². The lowest BCUT2D eigenvalue weighted by atomic mass is 10.0. The molecule has 194 valence electrons. The Morgan fingerprint density at radius 2 is 0.941 bits per heavy atom. The van der Waals surface area contributed by atoms with Crippen molar-refractivity contribution in [1.29, 1.82) is 0 Å². The first-order valence-corrected chi connectivity index (χ1v) is 11.6. The van der Waals surface area contributed by atoms with Crippen LogP contribution in [0, 0.1) is 0 Å². The predicted molar refractivity (Wildman–Crippen MR) is 131 cm³/mol. The van der Waals surface area contributed by atoms with Crippen LogP contribution in [0.15, 0.2) is 60.7 Å². The summed E-state index contributed by atoms with van der Waals surface area (Å²) < 4.78 is 10.1. The maximum absolute atomic E-state index is 8.96. The van der Waals surface area contributed by atoms with E-state index in [1.165, 1.54) is 11.1 Å². The Morgan fingerprint density at radius 3 is 1.21 bits per heavy atom. The van der Waals surface area contributed by atoms with Gasteiger partial charge in [-0.05, 0) is 44.7 Å². The zero-order chi connectivity index (χ0) is 25.8. The van der Waals surface area contributed by atoms with Crippen LogP contribution in [0.4, 0.5) is 0 Å². The van der Waals surface area contributed by atoms with E-state index in [-0.39, 0.29) is 6.29 Å². The molecule has 0 aliphatic rings. The first kappa shape index (κ1) is 32.1.